The van der Waals surface area contributed by atoms with E-state index in [1.54, 1.807) is 6.92 Å². The molecule has 86 valence electrons. The Morgan fingerprint density at radius 1 is 1.36 bits per heavy atom. The highest BCUT2D eigenvalue weighted by molar-refractivity contribution is 7.91. The van der Waals surface area contributed by atoms with Crippen LogP contribution in [0.4, 0.5) is 0 Å². The molecule has 0 heterocycles. The fourth-order valence-electron chi connectivity index (χ4n) is 1.20. The second kappa shape index (κ2) is 6.37. The zero-order valence-corrected chi connectivity index (χ0v) is 10.2. The van der Waals surface area contributed by atoms with Gasteiger partial charge in [-0.2, -0.15) is 0 Å². The van der Waals surface area contributed by atoms with Crippen LogP contribution in [-0.2, 0) is 9.84 Å². The maximum absolute atomic E-state index is 11.6. The average molecular weight is 222 g/mol. The maximum atomic E-state index is 11.6. The first kappa shape index (κ1) is 13.9. The Morgan fingerprint density at radius 3 is 2.36 bits per heavy atom. The molecule has 0 spiro atoms. The molecule has 0 saturated carbocycles. The molecule has 0 amide bonds. The number of nitrogens with two attached hydrogens (primary N) is 1. The van der Waals surface area contributed by atoms with Gasteiger partial charge in [0.25, 0.3) is 0 Å². The van der Waals surface area contributed by atoms with E-state index in [1.165, 1.54) is 0 Å². The van der Waals surface area contributed by atoms with Crippen molar-refractivity contribution in [2.45, 2.75) is 25.0 Å². The van der Waals surface area contributed by atoms with Crippen molar-refractivity contribution in [1.29, 1.82) is 0 Å². The van der Waals surface area contributed by atoms with E-state index in [4.69, 9.17) is 5.73 Å². The molecule has 0 bridgehead atoms. The standard InChI is InChI=1S/C9H22N2O2S/c1-9(5-6-10)14(12,13)8-4-7-11(2)3/h9H,4-8,10H2,1-3H3. The van der Waals surface area contributed by atoms with Crippen LogP contribution in [0.5, 0.6) is 0 Å². The molecule has 0 saturated heterocycles. The van der Waals surface area contributed by atoms with E-state index in [0.717, 1.165) is 6.54 Å². The minimum Gasteiger partial charge on any atom is -0.330 e. The van der Waals surface area contributed by atoms with Crippen molar-refractivity contribution < 1.29 is 8.42 Å². The normalized spacial score (nSPS) is 14.6. The molecule has 0 aliphatic rings. The zero-order valence-electron chi connectivity index (χ0n) is 9.36. The van der Waals surface area contributed by atoms with Gasteiger partial charge in [0.05, 0.1) is 11.0 Å². The first-order chi connectivity index (χ1) is 6.40. The molecule has 1 unspecified atom stereocenters. The third kappa shape index (κ3) is 5.57. The van der Waals surface area contributed by atoms with E-state index in [0.29, 0.717) is 19.4 Å². The molecule has 5 heteroatoms. The van der Waals surface area contributed by atoms with Gasteiger partial charge >= 0.3 is 0 Å². The summed E-state index contributed by atoms with van der Waals surface area (Å²) in [5.74, 6) is 0.270. The molecule has 4 nitrogen and oxygen atoms in total. The summed E-state index contributed by atoms with van der Waals surface area (Å²) in [6.45, 7) is 2.99. The molecule has 14 heavy (non-hydrogen) atoms. The van der Waals surface area contributed by atoms with Crippen molar-refractivity contribution in [3.05, 3.63) is 0 Å². The van der Waals surface area contributed by atoms with Gasteiger partial charge in [-0.3, -0.25) is 0 Å². The van der Waals surface area contributed by atoms with Gasteiger partial charge in [0.15, 0.2) is 9.84 Å². The summed E-state index contributed by atoms with van der Waals surface area (Å²) in [6.07, 6.45) is 1.26. The lowest BCUT2D eigenvalue weighted by Crippen LogP contribution is -2.26. The number of rotatable bonds is 7. The lowest BCUT2D eigenvalue weighted by molar-refractivity contribution is 0.408. The van der Waals surface area contributed by atoms with Crippen molar-refractivity contribution in [2.24, 2.45) is 5.73 Å². The molecular weight excluding hydrogens is 200 g/mol. The van der Waals surface area contributed by atoms with Crippen molar-refractivity contribution in [3.8, 4) is 0 Å². The highest BCUT2D eigenvalue weighted by Crippen LogP contribution is 2.07. The molecule has 1 atom stereocenters. The predicted octanol–water partition coefficient (Wildman–Crippen LogP) is 0.0902. The molecule has 0 aliphatic heterocycles. The summed E-state index contributed by atoms with van der Waals surface area (Å²) in [5, 5.41) is -0.297. The van der Waals surface area contributed by atoms with E-state index in [2.05, 4.69) is 0 Å². The smallest absolute Gasteiger partial charge is 0.152 e. The second-order valence-electron chi connectivity index (χ2n) is 3.91. The first-order valence-electron chi connectivity index (χ1n) is 4.96. The maximum Gasteiger partial charge on any atom is 0.152 e. The summed E-state index contributed by atoms with van der Waals surface area (Å²) in [4.78, 5) is 1.99. The Bertz CT molecular complexity index is 237. The summed E-state index contributed by atoms with van der Waals surface area (Å²) in [7, 11) is 0.956. The zero-order chi connectivity index (χ0) is 11.2. The van der Waals surface area contributed by atoms with Crippen LogP contribution in [0.15, 0.2) is 0 Å². The Balaban J connectivity index is 3.95. The Kier molecular flexibility index (Phi) is 6.31. The van der Waals surface area contributed by atoms with Crippen LogP contribution in [-0.4, -0.2) is 51.5 Å². The first-order valence-corrected chi connectivity index (χ1v) is 6.68. The monoisotopic (exact) mass is 222 g/mol. The second-order valence-corrected chi connectivity index (χ2v) is 6.45. The Labute approximate surface area is 87.4 Å². The average Bonchev–Trinajstić information content (AvgIpc) is 2.03. The van der Waals surface area contributed by atoms with Crippen LogP contribution in [0.3, 0.4) is 0 Å². The van der Waals surface area contributed by atoms with Crippen molar-refractivity contribution >= 4 is 9.84 Å². The van der Waals surface area contributed by atoms with E-state index in [1.807, 2.05) is 19.0 Å². The highest BCUT2D eigenvalue weighted by atomic mass is 32.2. The van der Waals surface area contributed by atoms with E-state index < -0.39 is 9.84 Å². The van der Waals surface area contributed by atoms with Gasteiger partial charge in [-0.15, -0.1) is 0 Å². The third-order valence-corrected chi connectivity index (χ3v) is 4.54. The SMILES string of the molecule is CC(CCN)S(=O)(=O)CCCN(C)C. The molecule has 0 aromatic rings. The Morgan fingerprint density at radius 2 is 1.93 bits per heavy atom. The van der Waals surface area contributed by atoms with Gasteiger partial charge in [-0.1, -0.05) is 0 Å². The van der Waals surface area contributed by atoms with Crippen LogP contribution >= 0.6 is 0 Å². The van der Waals surface area contributed by atoms with Gasteiger partial charge < -0.3 is 10.6 Å². The topological polar surface area (TPSA) is 63.4 Å². The van der Waals surface area contributed by atoms with Crippen LogP contribution in [0.2, 0.25) is 0 Å². The number of nitrogens with zero attached hydrogens (tertiary/aromatic N) is 1. The quantitative estimate of drug-likeness (QED) is 0.663. The molecule has 0 fully saturated rings. The van der Waals surface area contributed by atoms with E-state index in [9.17, 15) is 8.42 Å². The van der Waals surface area contributed by atoms with Crippen LogP contribution < -0.4 is 5.73 Å². The minimum atomic E-state index is -2.92. The minimum absolute atomic E-state index is 0.270. The van der Waals surface area contributed by atoms with E-state index >= 15 is 0 Å². The van der Waals surface area contributed by atoms with Crippen LogP contribution in [0.1, 0.15) is 19.8 Å². The van der Waals surface area contributed by atoms with Crippen LogP contribution in [0, 0.1) is 0 Å². The number of hydrogen-bond acceptors (Lipinski definition) is 4. The van der Waals surface area contributed by atoms with Crippen LogP contribution in [0.25, 0.3) is 0 Å². The summed E-state index contributed by atoms with van der Waals surface area (Å²) in [5.41, 5.74) is 5.33. The third-order valence-electron chi connectivity index (χ3n) is 2.22. The lowest BCUT2D eigenvalue weighted by Gasteiger charge is -2.13. The summed E-state index contributed by atoms with van der Waals surface area (Å²) in [6, 6.07) is 0. The molecule has 0 rings (SSSR count). The lowest BCUT2D eigenvalue weighted by atomic mass is 10.3. The van der Waals surface area contributed by atoms with Gasteiger partial charge in [-0.25, -0.2) is 8.42 Å². The van der Waals surface area contributed by atoms with Gasteiger partial charge in [0, 0.05) is 0 Å². The van der Waals surface area contributed by atoms with Gasteiger partial charge in [-0.05, 0) is 47.0 Å². The molecule has 0 aromatic carbocycles. The number of sulfone groups is 1. The summed E-state index contributed by atoms with van der Waals surface area (Å²) < 4.78 is 23.3. The number of hydrogen-bond donors (Lipinski definition) is 1. The Hall–Kier alpha value is -0.130. The van der Waals surface area contributed by atoms with Crippen molar-refractivity contribution in [2.75, 3.05) is 32.9 Å². The van der Waals surface area contributed by atoms with Gasteiger partial charge in [0.2, 0.25) is 0 Å². The molecule has 2 N–H and O–H groups in total. The molecule has 0 radical (unpaired) electrons. The summed E-state index contributed by atoms with van der Waals surface area (Å²) >= 11 is 0. The highest BCUT2D eigenvalue weighted by Gasteiger charge is 2.19. The van der Waals surface area contributed by atoms with Crippen molar-refractivity contribution in [1.82, 2.24) is 4.90 Å². The fraction of sp³-hybridized carbons (Fsp3) is 1.00. The molecule has 0 aromatic heterocycles. The molecular formula is C9H22N2O2S. The molecule has 0 aliphatic carbocycles. The largest absolute Gasteiger partial charge is 0.330 e. The van der Waals surface area contributed by atoms with Crippen molar-refractivity contribution in [3.63, 3.8) is 0 Å². The van der Waals surface area contributed by atoms with Gasteiger partial charge in [0.1, 0.15) is 0 Å². The van der Waals surface area contributed by atoms with E-state index in [-0.39, 0.29) is 11.0 Å². The predicted molar refractivity (Wildman–Crippen MR) is 60.1 cm³/mol. The fourth-order valence-corrected chi connectivity index (χ4v) is 2.63.